The summed E-state index contributed by atoms with van der Waals surface area (Å²) in [7, 11) is 0. The summed E-state index contributed by atoms with van der Waals surface area (Å²) >= 11 is 1.54. The third-order valence-electron chi connectivity index (χ3n) is 4.90. The Kier molecular flexibility index (Phi) is 5.70. The topological polar surface area (TPSA) is 71.7 Å². The van der Waals surface area contributed by atoms with Crippen molar-refractivity contribution in [2.45, 2.75) is 20.3 Å². The lowest BCUT2D eigenvalue weighted by molar-refractivity contribution is 0.0376. The molecular formula is C20H24N4O3S. The van der Waals surface area contributed by atoms with Crippen LogP contribution in [-0.2, 0) is 4.74 Å². The number of ether oxygens (including phenoxy) is 1. The van der Waals surface area contributed by atoms with Crippen LogP contribution >= 0.6 is 11.3 Å². The highest BCUT2D eigenvalue weighted by molar-refractivity contribution is 7.22. The Morgan fingerprint density at radius 2 is 2.11 bits per heavy atom. The molecule has 1 saturated heterocycles. The maximum Gasteiger partial charge on any atom is 0.298 e. The lowest BCUT2D eigenvalue weighted by Crippen LogP contribution is -2.39. The number of morpholine rings is 1. The highest BCUT2D eigenvalue weighted by Gasteiger charge is 2.24. The number of aryl methyl sites for hydroxylation is 2. The molecule has 0 spiro atoms. The molecule has 0 unspecified atom stereocenters. The molecule has 4 rings (SSSR count). The van der Waals surface area contributed by atoms with Crippen LogP contribution in [0.2, 0.25) is 0 Å². The van der Waals surface area contributed by atoms with Crippen molar-refractivity contribution in [1.82, 2.24) is 15.0 Å². The van der Waals surface area contributed by atoms with Crippen molar-refractivity contribution in [3.8, 4) is 0 Å². The van der Waals surface area contributed by atoms with Crippen LogP contribution in [-0.4, -0.2) is 60.3 Å². The Morgan fingerprint density at radius 1 is 1.29 bits per heavy atom. The van der Waals surface area contributed by atoms with Crippen molar-refractivity contribution in [2.75, 3.05) is 44.3 Å². The molecular weight excluding hydrogens is 376 g/mol. The minimum Gasteiger partial charge on any atom is -0.379 e. The molecule has 0 saturated carbocycles. The number of carbonyl (C=O) groups is 1. The number of anilines is 1. The summed E-state index contributed by atoms with van der Waals surface area (Å²) in [5.41, 5.74) is 3.27. The van der Waals surface area contributed by atoms with E-state index in [0.29, 0.717) is 11.7 Å². The zero-order valence-electron chi connectivity index (χ0n) is 16.2. The molecule has 0 N–H and O–H groups in total. The molecule has 3 heterocycles. The van der Waals surface area contributed by atoms with Gasteiger partial charge < -0.3 is 9.26 Å². The third-order valence-corrected chi connectivity index (χ3v) is 5.93. The highest BCUT2D eigenvalue weighted by Crippen LogP contribution is 2.32. The van der Waals surface area contributed by atoms with Crippen LogP contribution in [0.15, 0.2) is 28.9 Å². The van der Waals surface area contributed by atoms with Crippen LogP contribution in [0.4, 0.5) is 5.13 Å². The van der Waals surface area contributed by atoms with Gasteiger partial charge in [0.15, 0.2) is 5.13 Å². The van der Waals surface area contributed by atoms with Gasteiger partial charge in [-0.3, -0.25) is 14.6 Å². The fourth-order valence-electron chi connectivity index (χ4n) is 3.49. The zero-order valence-corrected chi connectivity index (χ0v) is 17.0. The van der Waals surface area contributed by atoms with Gasteiger partial charge in [-0.15, -0.1) is 0 Å². The number of hydrogen-bond donors (Lipinski definition) is 0. The summed E-state index contributed by atoms with van der Waals surface area (Å²) in [5.74, 6) is 0.0337. The Hall–Kier alpha value is -2.29. The summed E-state index contributed by atoms with van der Waals surface area (Å²) in [5, 5.41) is 4.38. The van der Waals surface area contributed by atoms with Crippen molar-refractivity contribution in [3.63, 3.8) is 0 Å². The number of aromatic nitrogens is 2. The number of nitrogens with zero attached hydrogens (tertiary/aromatic N) is 4. The summed E-state index contributed by atoms with van der Waals surface area (Å²) in [4.78, 5) is 21.9. The second-order valence-electron chi connectivity index (χ2n) is 7.07. The van der Waals surface area contributed by atoms with E-state index in [4.69, 9.17) is 14.2 Å². The molecule has 1 amide bonds. The van der Waals surface area contributed by atoms with E-state index < -0.39 is 0 Å². The number of carbonyl (C=O) groups excluding carboxylic acids is 1. The molecule has 3 aromatic rings. The standard InChI is InChI=1S/C20H24N4O3S/c1-14-12-15(2)18-17(13-14)28-20(22-18)24(19(25)16-4-5-21-27-16)7-3-6-23-8-10-26-11-9-23/h4-5,12-13H,3,6-11H2,1-2H3. The first kappa shape index (κ1) is 19.0. The van der Waals surface area contributed by atoms with Crippen LogP contribution in [0.1, 0.15) is 28.1 Å². The predicted octanol–water partition coefficient (Wildman–Crippen LogP) is 3.27. The zero-order chi connectivity index (χ0) is 19.5. The monoisotopic (exact) mass is 400 g/mol. The van der Waals surface area contributed by atoms with Gasteiger partial charge in [-0.2, -0.15) is 0 Å². The van der Waals surface area contributed by atoms with Crippen molar-refractivity contribution in [1.29, 1.82) is 0 Å². The third kappa shape index (κ3) is 4.09. The molecule has 148 valence electrons. The normalized spacial score (nSPS) is 15.2. The molecule has 0 bridgehead atoms. The molecule has 8 heteroatoms. The van der Waals surface area contributed by atoms with E-state index in [1.165, 1.54) is 11.8 Å². The first-order chi connectivity index (χ1) is 13.6. The summed E-state index contributed by atoms with van der Waals surface area (Å²) in [6.45, 7) is 9.06. The molecule has 0 atom stereocenters. The number of hydrogen-bond acceptors (Lipinski definition) is 7. The average Bonchev–Trinajstić information content (AvgIpc) is 3.35. The Labute approximate surface area is 167 Å². The van der Waals surface area contributed by atoms with Gasteiger partial charge >= 0.3 is 0 Å². The SMILES string of the molecule is Cc1cc(C)c2nc(N(CCCN3CCOCC3)C(=O)c3ccno3)sc2c1. The van der Waals surface area contributed by atoms with Gasteiger partial charge in [0.05, 0.1) is 29.6 Å². The first-order valence-electron chi connectivity index (χ1n) is 9.52. The van der Waals surface area contributed by atoms with Gasteiger partial charge in [-0.25, -0.2) is 4.98 Å². The van der Waals surface area contributed by atoms with E-state index in [0.717, 1.165) is 55.0 Å². The minimum atomic E-state index is -0.201. The number of rotatable bonds is 6. The van der Waals surface area contributed by atoms with E-state index in [9.17, 15) is 4.79 Å². The lowest BCUT2D eigenvalue weighted by atomic mass is 10.1. The number of fused-ring (bicyclic) bond motifs is 1. The van der Waals surface area contributed by atoms with Crippen molar-refractivity contribution in [2.24, 2.45) is 0 Å². The first-order valence-corrected chi connectivity index (χ1v) is 10.3. The van der Waals surface area contributed by atoms with Crippen LogP contribution in [0, 0.1) is 13.8 Å². The number of amides is 1. The fraction of sp³-hybridized carbons (Fsp3) is 0.450. The molecule has 1 aliphatic rings. The quantitative estimate of drug-likeness (QED) is 0.632. The second kappa shape index (κ2) is 8.38. The molecule has 1 aromatic carbocycles. The van der Waals surface area contributed by atoms with Crippen molar-refractivity contribution in [3.05, 3.63) is 41.3 Å². The molecule has 7 nitrogen and oxygen atoms in total. The van der Waals surface area contributed by atoms with Gasteiger partial charge in [0.1, 0.15) is 0 Å². The Bertz CT molecular complexity index is 948. The number of thiazole rings is 1. The van der Waals surface area contributed by atoms with E-state index >= 15 is 0 Å². The van der Waals surface area contributed by atoms with Crippen LogP contribution in [0.5, 0.6) is 0 Å². The molecule has 1 aliphatic heterocycles. The molecule has 0 aliphatic carbocycles. The van der Waals surface area contributed by atoms with Gasteiger partial charge in [0.25, 0.3) is 5.91 Å². The maximum absolute atomic E-state index is 13.0. The Balaban J connectivity index is 1.57. The number of benzene rings is 1. The fourth-order valence-corrected chi connectivity index (χ4v) is 4.66. The van der Waals surface area contributed by atoms with Gasteiger partial charge in [-0.1, -0.05) is 22.6 Å². The van der Waals surface area contributed by atoms with Gasteiger partial charge in [-0.05, 0) is 37.5 Å². The van der Waals surface area contributed by atoms with Crippen molar-refractivity contribution < 1.29 is 14.1 Å². The molecule has 2 aromatic heterocycles. The van der Waals surface area contributed by atoms with E-state index in [-0.39, 0.29) is 11.7 Å². The second-order valence-corrected chi connectivity index (χ2v) is 8.08. The van der Waals surface area contributed by atoms with Crippen LogP contribution in [0.25, 0.3) is 10.2 Å². The van der Waals surface area contributed by atoms with E-state index in [1.807, 2.05) is 0 Å². The minimum absolute atomic E-state index is 0.201. The average molecular weight is 401 g/mol. The van der Waals surface area contributed by atoms with Gasteiger partial charge in [0.2, 0.25) is 5.76 Å². The summed E-state index contributed by atoms with van der Waals surface area (Å²) < 4.78 is 11.6. The summed E-state index contributed by atoms with van der Waals surface area (Å²) in [6.07, 6.45) is 2.35. The van der Waals surface area contributed by atoms with Crippen LogP contribution in [0.3, 0.4) is 0 Å². The van der Waals surface area contributed by atoms with Crippen LogP contribution < -0.4 is 4.90 Å². The Morgan fingerprint density at radius 3 is 2.86 bits per heavy atom. The van der Waals surface area contributed by atoms with Crippen molar-refractivity contribution >= 4 is 32.6 Å². The molecule has 0 radical (unpaired) electrons. The van der Waals surface area contributed by atoms with E-state index in [1.54, 1.807) is 22.3 Å². The maximum atomic E-state index is 13.0. The van der Waals surface area contributed by atoms with E-state index in [2.05, 4.69) is 36.0 Å². The molecule has 1 fully saturated rings. The highest BCUT2D eigenvalue weighted by atomic mass is 32.1. The van der Waals surface area contributed by atoms with Gasteiger partial charge in [0, 0.05) is 32.2 Å². The predicted molar refractivity (Wildman–Crippen MR) is 109 cm³/mol. The smallest absolute Gasteiger partial charge is 0.298 e. The lowest BCUT2D eigenvalue weighted by Gasteiger charge is -2.27. The largest absolute Gasteiger partial charge is 0.379 e. The summed E-state index contributed by atoms with van der Waals surface area (Å²) in [6, 6.07) is 5.83. The molecule has 28 heavy (non-hydrogen) atoms.